The molecule has 0 aromatic heterocycles. The van der Waals surface area contributed by atoms with Crippen LogP contribution in [0.15, 0.2) is 48.5 Å². The van der Waals surface area contributed by atoms with E-state index in [2.05, 4.69) is 42.6 Å². The van der Waals surface area contributed by atoms with E-state index in [0.717, 1.165) is 24.3 Å². The summed E-state index contributed by atoms with van der Waals surface area (Å²) in [4.78, 5) is 0. The number of nitrogens with one attached hydrogen (secondary N) is 1. The van der Waals surface area contributed by atoms with E-state index in [1.165, 1.54) is 11.1 Å². The second-order valence-corrected chi connectivity index (χ2v) is 4.10. The molecule has 0 aliphatic carbocycles. The van der Waals surface area contributed by atoms with Crippen LogP contribution >= 0.6 is 0 Å². The first-order chi connectivity index (χ1) is 8.29. The Morgan fingerprint density at radius 1 is 1.00 bits per heavy atom. The Morgan fingerprint density at radius 3 is 2.35 bits per heavy atom. The summed E-state index contributed by atoms with van der Waals surface area (Å²) < 4.78 is 0. The van der Waals surface area contributed by atoms with Gasteiger partial charge < -0.3 is 11.1 Å². The standard InChI is InChI=1S/C15H18N2/c1-2-17-14-9-7-12(8-10-14)11-13-5-3-4-6-15(13)16/h3-10,17H,2,11,16H2,1H3. The van der Waals surface area contributed by atoms with Crippen LogP contribution in [0.1, 0.15) is 18.1 Å². The molecule has 0 aliphatic heterocycles. The number of hydrogen-bond acceptors (Lipinski definition) is 2. The van der Waals surface area contributed by atoms with E-state index in [-0.39, 0.29) is 0 Å². The Balaban J connectivity index is 2.11. The second-order valence-electron chi connectivity index (χ2n) is 4.10. The van der Waals surface area contributed by atoms with Crippen molar-refractivity contribution in [3.05, 3.63) is 59.7 Å². The van der Waals surface area contributed by atoms with E-state index in [9.17, 15) is 0 Å². The largest absolute Gasteiger partial charge is 0.398 e. The summed E-state index contributed by atoms with van der Waals surface area (Å²) in [6, 6.07) is 16.5. The van der Waals surface area contributed by atoms with Crippen molar-refractivity contribution in [3.63, 3.8) is 0 Å². The molecule has 0 heterocycles. The summed E-state index contributed by atoms with van der Waals surface area (Å²) in [6.07, 6.45) is 0.888. The number of hydrogen-bond donors (Lipinski definition) is 2. The van der Waals surface area contributed by atoms with Gasteiger partial charge in [-0.1, -0.05) is 30.3 Å². The molecule has 0 saturated carbocycles. The lowest BCUT2D eigenvalue weighted by molar-refractivity contribution is 1.18. The van der Waals surface area contributed by atoms with Crippen LogP contribution in [0.5, 0.6) is 0 Å². The van der Waals surface area contributed by atoms with Crippen molar-refractivity contribution in [2.24, 2.45) is 0 Å². The molecule has 0 spiro atoms. The third-order valence-corrected chi connectivity index (χ3v) is 2.78. The molecule has 0 unspecified atom stereocenters. The van der Waals surface area contributed by atoms with Crippen molar-refractivity contribution in [1.82, 2.24) is 0 Å². The molecule has 0 aliphatic rings. The minimum atomic E-state index is 0.864. The van der Waals surface area contributed by atoms with E-state index in [0.29, 0.717) is 0 Å². The fraction of sp³-hybridized carbons (Fsp3) is 0.200. The van der Waals surface area contributed by atoms with Crippen LogP contribution < -0.4 is 11.1 Å². The minimum absolute atomic E-state index is 0.864. The number of nitrogen functional groups attached to an aromatic ring is 1. The highest BCUT2D eigenvalue weighted by molar-refractivity contribution is 5.50. The maximum absolute atomic E-state index is 5.93. The van der Waals surface area contributed by atoms with E-state index >= 15 is 0 Å². The maximum atomic E-state index is 5.93. The molecule has 3 N–H and O–H groups in total. The second kappa shape index (κ2) is 5.39. The third-order valence-electron chi connectivity index (χ3n) is 2.78. The molecule has 2 rings (SSSR count). The highest BCUT2D eigenvalue weighted by Crippen LogP contribution is 2.17. The van der Waals surface area contributed by atoms with Crippen molar-refractivity contribution in [2.45, 2.75) is 13.3 Å². The number of anilines is 2. The number of nitrogens with two attached hydrogens (primary N) is 1. The van der Waals surface area contributed by atoms with Gasteiger partial charge in [0.05, 0.1) is 0 Å². The van der Waals surface area contributed by atoms with Crippen LogP contribution in [0.3, 0.4) is 0 Å². The van der Waals surface area contributed by atoms with Gasteiger partial charge in [0.15, 0.2) is 0 Å². The van der Waals surface area contributed by atoms with Gasteiger partial charge in [-0.2, -0.15) is 0 Å². The Kier molecular flexibility index (Phi) is 3.66. The molecule has 0 saturated heterocycles. The molecule has 88 valence electrons. The first-order valence-corrected chi connectivity index (χ1v) is 5.96. The molecule has 2 aromatic carbocycles. The molecule has 2 nitrogen and oxygen atoms in total. The fourth-order valence-electron chi connectivity index (χ4n) is 1.86. The molecule has 2 heteroatoms. The first kappa shape index (κ1) is 11.5. The first-order valence-electron chi connectivity index (χ1n) is 5.96. The van der Waals surface area contributed by atoms with Gasteiger partial charge in [-0.15, -0.1) is 0 Å². The van der Waals surface area contributed by atoms with Crippen LogP contribution in [0.4, 0.5) is 11.4 Å². The van der Waals surface area contributed by atoms with Crippen LogP contribution in [0.25, 0.3) is 0 Å². The smallest absolute Gasteiger partial charge is 0.0349 e. The van der Waals surface area contributed by atoms with Gasteiger partial charge in [-0.3, -0.25) is 0 Å². The van der Waals surface area contributed by atoms with E-state index in [1.54, 1.807) is 0 Å². The Hall–Kier alpha value is -1.96. The van der Waals surface area contributed by atoms with Gasteiger partial charge in [-0.25, -0.2) is 0 Å². The Morgan fingerprint density at radius 2 is 1.71 bits per heavy atom. The van der Waals surface area contributed by atoms with Crippen LogP contribution in [-0.4, -0.2) is 6.54 Å². The highest BCUT2D eigenvalue weighted by Gasteiger charge is 2.00. The zero-order chi connectivity index (χ0) is 12.1. The molecule has 17 heavy (non-hydrogen) atoms. The van der Waals surface area contributed by atoms with Crippen molar-refractivity contribution in [1.29, 1.82) is 0 Å². The van der Waals surface area contributed by atoms with E-state index in [1.807, 2.05) is 18.2 Å². The SMILES string of the molecule is CCNc1ccc(Cc2ccccc2N)cc1. The predicted molar refractivity (Wildman–Crippen MR) is 74.3 cm³/mol. The molecule has 0 fully saturated rings. The Bertz CT molecular complexity index is 475. The zero-order valence-electron chi connectivity index (χ0n) is 10.1. The van der Waals surface area contributed by atoms with Crippen molar-refractivity contribution in [2.75, 3.05) is 17.6 Å². The number of rotatable bonds is 4. The van der Waals surface area contributed by atoms with Crippen molar-refractivity contribution >= 4 is 11.4 Å². The molecular weight excluding hydrogens is 208 g/mol. The van der Waals surface area contributed by atoms with Gasteiger partial charge in [0.25, 0.3) is 0 Å². The predicted octanol–water partition coefficient (Wildman–Crippen LogP) is 3.29. The van der Waals surface area contributed by atoms with Gasteiger partial charge in [0, 0.05) is 17.9 Å². The molecular formula is C15H18N2. The van der Waals surface area contributed by atoms with Gasteiger partial charge >= 0.3 is 0 Å². The lowest BCUT2D eigenvalue weighted by atomic mass is 10.0. The van der Waals surface area contributed by atoms with Crippen molar-refractivity contribution in [3.8, 4) is 0 Å². The molecule has 0 amide bonds. The van der Waals surface area contributed by atoms with E-state index < -0.39 is 0 Å². The minimum Gasteiger partial charge on any atom is -0.398 e. The van der Waals surface area contributed by atoms with Crippen LogP contribution in [-0.2, 0) is 6.42 Å². The van der Waals surface area contributed by atoms with Crippen LogP contribution in [0.2, 0.25) is 0 Å². The average Bonchev–Trinajstić information content (AvgIpc) is 2.35. The molecule has 0 bridgehead atoms. The summed E-state index contributed by atoms with van der Waals surface area (Å²) in [5, 5.41) is 3.29. The van der Waals surface area contributed by atoms with Gasteiger partial charge in [0.2, 0.25) is 0 Å². The monoisotopic (exact) mass is 226 g/mol. The van der Waals surface area contributed by atoms with Gasteiger partial charge in [-0.05, 0) is 42.7 Å². The third kappa shape index (κ3) is 3.00. The average molecular weight is 226 g/mol. The van der Waals surface area contributed by atoms with E-state index in [4.69, 9.17) is 5.73 Å². The summed E-state index contributed by atoms with van der Waals surface area (Å²) in [5.74, 6) is 0. The fourth-order valence-corrected chi connectivity index (χ4v) is 1.86. The topological polar surface area (TPSA) is 38.0 Å². The molecule has 0 atom stereocenters. The van der Waals surface area contributed by atoms with Crippen LogP contribution in [0, 0.1) is 0 Å². The van der Waals surface area contributed by atoms with Gasteiger partial charge in [0.1, 0.15) is 0 Å². The molecule has 0 radical (unpaired) electrons. The summed E-state index contributed by atoms with van der Waals surface area (Å²) >= 11 is 0. The summed E-state index contributed by atoms with van der Waals surface area (Å²) in [7, 11) is 0. The zero-order valence-corrected chi connectivity index (χ0v) is 10.1. The number of para-hydroxylation sites is 1. The Labute approximate surface area is 102 Å². The normalized spacial score (nSPS) is 10.2. The van der Waals surface area contributed by atoms with Crippen molar-refractivity contribution < 1.29 is 0 Å². The summed E-state index contributed by atoms with van der Waals surface area (Å²) in [6.45, 7) is 3.05. The number of benzene rings is 2. The maximum Gasteiger partial charge on any atom is 0.0349 e. The molecule has 2 aromatic rings. The quantitative estimate of drug-likeness (QED) is 0.785. The lowest BCUT2D eigenvalue weighted by Crippen LogP contribution is -1.97. The summed E-state index contributed by atoms with van der Waals surface area (Å²) in [5.41, 5.74) is 10.4. The highest BCUT2D eigenvalue weighted by atomic mass is 14.8. The lowest BCUT2D eigenvalue weighted by Gasteiger charge is -2.07.